The zero-order valence-corrected chi connectivity index (χ0v) is 16.4. The van der Waals surface area contributed by atoms with Crippen molar-refractivity contribution >= 4 is 34.2 Å². The van der Waals surface area contributed by atoms with Crippen molar-refractivity contribution in [2.75, 3.05) is 6.54 Å². The van der Waals surface area contributed by atoms with Gasteiger partial charge in [0.05, 0.1) is 11.6 Å². The van der Waals surface area contributed by atoms with E-state index < -0.39 is 0 Å². The summed E-state index contributed by atoms with van der Waals surface area (Å²) in [4.78, 5) is 17.0. The summed E-state index contributed by atoms with van der Waals surface area (Å²) in [6.45, 7) is 0.491. The van der Waals surface area contributed by atoms with Crippen LogP contribution in [0, 0.1) is 11.3 Å². The number of hydrogen-bond acceptors (Lipinski definition) is 3. The zero-order chi connectivity index (χ0) is 20.1. The van der Waals surface area contributed by atoms with Gasteiger partial charge < -0.3 is 10.3 Å². The summed E-state index contributed by atoms with van der Waals surface area (Å²) in [5.74, 6) is -0.117. The highest BCUT2D eigenvalue weighted by molar-refractivity contribution is 7.10. The minimum atomic E-state index is -0.181. The Bertz CT molecular complexity index is 1200. The number of para-hydroxylation sites is 1. The summed E-state index contributed by atoms with van der Waals surface area (Å²) in [6, 6.07) is 21.7. The van der Waals surface area contributed by atoms with Gasteiger partial charge in [-0.1, -0.05) is 42.5 Å². The number of rotatable bonds is 6. The van der Waals surface area contributed by atoms with E-state index in [9.17, 15) is 10.1 Å². The van der Waals surface area contributed by atoms with Gasteiger partial charge in [-0.3, -0.25) is 4.79 Å². The van der Waals surface area contributed by atoms with Gasteiger partial charge >= 0.3 is 0 Å². The van der Waals surface area contributed by atoms with Crippen LogP contribution in [0.25, 0.3) is 17.0 Å². The Labute approximate surface area is 173 Å². The van der Waals surface area contributed by atoms with Crippen molar-refractivity contribution in [2.45, 2.75) is 5.92 Å². The van der Waals surface area contributed by atoms with Gasteiger partial charge in [0.1, 0.15) is 0 Å². The molecule has 29 heavy (non-hydrogen) atoms. The highest BCUT2D eigenvalue weighted by Gasteiger charge is 2.19. The summed E-state index contributed by atoms with van der Waals surface area (Å²) < 4.78 is 0. The molecule has 2 aromatic carbocycles. The maximum Gasteiger partial charge on any atom is 0.244 e. The molecule has 0 saturated carbocycles. The van der Waals surface area contributed by atoms with Crippen LogP contribution in [-0.2, 0) is 4.79 Å². The van der Waals surface area contributed by atoms with Crippen LogP contribution in [0.15, 0.2) is 78.3 Å². The third-order valence-electron chi connectivity index (χ3n) is 4.86. The lowest BCUT2D eigenvalue weighted by Gasteiger charge is -2.15. The van der Waals surface area contributed by atoms with E-state index in [2.05, 4.69) is 39.9 Å². The van der Waals surface area contributed by atoms with Crippen LogP contribution < -0.4 is 5.32 Å². The van der Waals surface area contributed by atoms with Gasteiger partial charge in [0.15, 0.2) is 0 Å². The van der Waals surface area contributed by atoms with Crippen molar-refractivity contribution in [1.29, 1.82) is 5.26 Å². The molecule has 2 heterocycles. The number of benzene rings is 2. The lowest BCUT2D eigenvalue weighted by Crippen LogP contribution is -2.27. The summed E-state index contributed by atoms with van der Waals surface area (Å²) in [5, 5.41) is 15.4. The fraction of sp³-hybridized carbons (Fsp3) is 0.0833. The number of aromatic nitrogens is 1. The number of aromatic amines is 1. The maximum atomic E-state index is 12.4. The van der Waals surface area contributed by atoms with Crippen LogP contribution in [0.5, 0.6) is 0 Å². The number of carbonyl (C=O) groups is 1. The van der Waals surface area contributed by atoms with Gasteiger partial charge in [-0.2, -0.15) is 5.26 Å². The number of nitrogens with one attached hydrogen (secondary N) is 2. The first kappa shape index (κ1) is 18.7. The number of nitrogens with zero attached hydrogens (tertiary/aromatic N) is 1. The first-order chi connectivity index (χ1) is 14.3. The zero-order valence-electron chi connectivity index (χ0n) is 15.6. The molecule has 1 atom stereocenters. The molecule has 0 bridgehead atoms. The normalized spacial score (nSPS) is 12.1. The third-order valence-corrected chi connectivity index (χ3v) is 5.85. The van der Waals surface area contributed by atoms with E-state index in [1.807, 2.05) is 42.6 Å². The van der Waals surface area contributed by atoms with Crippen molar-refractivity contribution in [2.24, 2.45) is 0 Å². The molecule has 0 saturated heterocycles. The van der Waals surface area contributed by atoms with Gasteiger partial charge in [0.2, 0.25) is 5.91 Å². The Kier molecular flexibility index (Phi) is 5.55. The van der Waals surface area contributed by atoms with Crippen LogP contribution in [0.2, 0.25) is 0 Å². The molecule has 142 valence electrons. The second-order valence-corrected chi connectivity index (χ2v) is 7.61. The first-order valence-corrected chi connectivity index (χ1v) is 10.2. The van der Waals surface area contributed by atoms with Gasteiger partial charge in [0.25, 0.3) is 0 Å². The summed E-state index contributed by atoms with van der Waals surface area (Å²) in [7, 11) is 0. The molecule has 0 aliphatic carbocycles. The van der Waals surface area contributed by atoms with Gasteiger partial charge in [-0.25, -0.2) is 0 Å². The summed E-state index contributed by atoms with van der Waals surface area (Å²) in [6.07, 6.45) is 5.19. The number of hydrogen-bond donors (Lipinski definition) is 2. The van der Waals surface area contributed by atoms with E-state index in [-0.39, 0.29) is 11.8 Å². The van der Waals surface area contributed by atoms with Crippen molar-refractivity contribution in [3.8, 4) is 6.07 Å². The fourth-order valence-corrected chi connectivity index (χ4v) is 4.25. The van der Waals surface area contributed by atoms with E-state index in [4.69, 9.17) is 0 Å². The van der Waals surface area contributed by atoms with Crippen molar-refractivity contribution < 1.29 is 4.79 Å². The quantitative estimate of drug-likeness (QED) is 0.446. The molecule has 2 N–H and O–H groups in total. The van der Waals surface area contributed by atoms with Crippen molar-refractivity contribution in [3.05, 3.63) is 99.9 Å². The van der Waals surface area contributed by atoms with Gasteiger partial charge in [0, 0.05) is 40.5 Å². The Hall–Kier alpha value is -3.62. The minimum Gasteiger partial charge on any atom is -0.361 e. The van der Waals surface area contributed by atoms with E-state index in [1.54, 1.807) is 23.5 Å². The number of thiophene rings is 1. The molecular formula is C24H19N3OS. The lowest BCUT2D eigenvalue weighted by atomic mass is 9.96. The Balaban J connectivity index is 1.53. The SMILES string of the molecule is N#Cc1ccccc1/C=C/C(=O)NCC(c1cccs1)c1c[nH]c2ccccc12. The maximum absolute atomic E-state index is 12.4. The molecule has 5 heteroatoms. The number of nitriles is 1. The molecule has 1 unspecified atom stereocenters. The number of fused-ring (bicyclic) bond motifs is 1. The molecule has 4 aromatic rings. The summed E-state index contributed by atoms with van der Waals surface area (Å²) >= 11 is 1.69. The highest BCUT2D eigenvalue weighted by Crippen LogP contribution is 2.32. The lowest BCUT2D eigenvalue weighted by molar-refractivity contribution is -0.116. The van der Waals surface area contributed by atoms with Crippen LogP contribution in [0.4, 0.5) is 0 Å². The molecule has 0 aliphatic heterocycles. The number of H-pyrrole nitrogens is 1. The molecule has 0 spiro atoms. The smallest absolute Gasteiger partial charge is 0.244 e. The number of carbonyl (C=O) groups excluding carboxylic acids is 1. The van der Waals surface area contributed by atoms with E-state index in [0.29, 0.717) is 12.1 Å². The van der Waals surface area contributed by atoms with Crippen LogP contribution in [-0.4, -0.2) is 17.4 Å². The van der Waals surface area contributed by atoms with Crippen molar-refractivity contribution in [3.63, 3.8) is 0 Å². The van der Waals surface area contributed by atoms with Crippen LogP contribution in [0.1, 0.15) is 27.5 Å². The molecular weight excluding hydrogens is 378 g/mol. The largest absolute Gasteiger partial charge is 0.361 e. The predicted octanol–water partition coefficient (Wildman–Crippen LogP) is 5.06. The Morgan fingerprint density at radius 2 is 1.97 bits per heavy atom. The van der Waals surface area contributed by atoms with E-state index in [0.717, 1.165) is 11.1 Å². The predicted molar refractivity (Wildman–Crippen MR) is 118 cm³/mol. The fourth-order valence-electron chi connectivity index (χ4n) is 3.41. The highest BCUT2D eigenvalue weighted by atomic mass is 32.1. The van der Waals surface area contributed by atoms with Crippen molar-refractivity contribution in [1.82, 2.24) is 10.3 Å². The molecule has 0 fully saturated rings. The second kappa shape index (κ2) is 8.59. The molecule has 2 aromatic heterocycles. The first-order valence-electron chi connectivity index (χ1n) is 9.30. The van der Waals surface area contributed by atoms with Crippen LogP contribution >= 0.6 is 11.3 Å². The van der Waals surface area contributed by atoms with E-state index >= 15 is 0 Å². The summed E-state index contributed by atoms with van der Waals surface area (Å²) in [5.41, 5.74) is 3.54. The molecule has 4 rings (SSSR count). The van der Waals surface area contributed by atoms with E-state index in [1.165, 1.54) is 21.9 Å². The molecule has 4 nitrogen and oxygen atoms in total. The van der Waals surface area contributed by atoms with Gasteiger partial charge in [-0.15, -0.1) is 11.3 Å². The van der Waals surface area contributed by atoms with Gasteiger partial charge in [-0.05, 0) is 40.8 Å². The average Bonchev–Trinajstić information content (AvgIpc) is 3.43. The topological polar surface area (TPSA) is 68.7 Å². The molecule has 0 aliphatic rings. The standard InChI is InChI=1S/C24H19N3OS/c25-14-18-7-2-1-6-17(18)11-12-24(28)27-16-21(23-10-5-13-29-23)20-15-26-22-9-4-3-8-19(20)22/h1-13,15,21,26H,16H2,(H,27,28)/b12-11+. The molecule has 1 amide bonds. The Morgan fingerprint density at radius 3 is 2.79 bits per heavy atom. The average molecular weight is 398 g/mol. The Morgan fingerprint density at radius 1 is 1.14 bits per heavy atom. The third kappa shape index (κ3) is 4.13. The van der Waals surface area contributed by atoms with Crippen LogP contribution in [0.3, 0.4) is 0 Å². The monoisotopic (exact) mass is 397 g/mol. The second-order valence-electron chi connectivity index (χ2n) is 6.64. The number of amides is 1. The molecule has 0 radical (unpaired) electrons. The minimum absolute atomic E-state index is 0.0647.